The molecule has 0 amide bonds. The van der Waals surface area contributed by atoms with Crippen LogP contribution in [0.4, 0.5) is 0 Å². The number of unbranched alkanes of at least 4 members (excludes halogenated alkanes) is 2. The molecule has 30 heavy (non-hydrogen) atoms. The molecular formula is C23H28ClN3O3. The van der Waals surface area contributed by atoms with E-state index in [0.29, 0.717) is 35.1 Å². The summed E-state index contributed by atoms with van der Waals surface area (Å²) in [6.07, 6.45) is 5.48. The molecule has 7 heteroatoms. The number of fused-ring (bicyclic) bond motifs is 1. The Labute approximate surface area is 181 Å². The molecule has 0 aliphatic heterocycles. The van der Waals surface area contributed by atoms with Crippen LogP contribution in [-0.4, -0.2) is 26.5 Å². The third-order valence-corrected chi connectivity index (χ3v) is 5.47. The summed E-state index contributed by atoms with van der Waals surface area (Å²) in [7, 11) is 0. The number of benzene rings is 1. The second-order valence-corrected chi connectivity index (χ2v) is 7.78. The van der Waals surface area contributed by atoms with Gasteiger partial charge < -0.3 is 9.30 Å². The number of aryl methyl sites for hydroxylation is 1. The zero-order valence-corrected chi connectivity index (χ0v) is 18.5. The summed E-state index contributed by atoms with van der Waals surface area (Å²) in [5, 5.41) is 0.619. The number of nitrogens with zero attached hydrogens (tertiary/aromatic N) is 3. The fourth-order valence-electron chi connectivity index (χ4n) is 3.65. The predicted molar refractivity (Wildman–Crippen MR) is 119 cm³/mol. The van der Waals surface area contributed by atoms with Crippen LogP contribution in [0.15, 0.2) is 35.3 Å². The number of hydrogen-bond donors (Lipinski definition) is 0. The quantitative estimate of drug-likeness (QED) is 0.361. The third kappa shape index (κ3) is 4.75. The second kappa shape index (κ2) is 9.94. The number of imidazole rings is 1. The van der Waals surface area contributed by atoms with Gasteiger partial charge in [0.2, 0.25) is 5.78 Å². The van der Waals surface area contributed by atoms with Gasteiger partial charge in [-0.3, -0.25) is 14.0 Å². The summed E-state index contributed by atoms with van der Waals surface area (Å²) < 4.78 is 8.72. The lowest BCUT2D eigenvalue weighted by Gasteiger charge is -2.16. The molecule has 0 spiro atoms. The molecule has 6 nitrogen and oxygen atoms in total. The van der Waals surface area contributed by atoms with Gasteiger partial charge in [0.25, 0.3) is 5.56 Å². The van der Waals surface area contributed by atoms with Crippen molar-refractivity contribution >= 4 is 23.3 Å². The van der Waals surface area contributed by atoms with Crippen LogP contribution in [0.25, 0.3) is 17.0 Å². The monoisotopic (exact) mass is 429 g/mol. The van der Waals surface area contributed by atoms with Gasteiger partial charge in [-0.25, -0.2) is 4.98 Å². The Bertz CT molecular complexity index is 1100. The highest BCUT2D eigenvalue weighted by atomic mass is 35.5. The fraction of sp³-hybridized carbons (Fsp3) is 0.435. The zero-order valence-electron chi connectivity index (χ0n) is 17.8. The molecule has 2 heterocycles. The van der Waals surface area contributed by atoms with Crippen molar-refractivity contribution in [1.29, 1.82) is 0 Å². The van der Waals surface area contributed by atoms with Crippen LogP contribution in [0, 0.1) is 6.92 Å². The highest BCUT2D eigenvalue weighted by Gasteiger charge is 2.18. The average Bonchev–Trinajstić information content (AvgIpc) is 3.16. The van der Waals surface area contributed by atoms with E-state index in [1.165, 1.54) is 0 Å². The van der Waals surface area contributed by atoms with E-state index in [-0.39, 0.29) is 17.9 Å². The van der Waals surface area contributed by atoms with Crippen molar-refractivity contribution in [3.63, 3.8) is 0 Å². The van der Waals surface area contributed by atoms with Crippen molar-refractivity contribution in [2.45, 2.75) is 59.4 Å². The molecule has 3 rings (SSSR count). The van der Waals surface area contributed by atoms with Crippen molar-refractivity contribution in [1.82, 2.24) is 14.0 Å². The molecule has 0 aliphatic rings. The number of ether oxygens (including phenoxy) is 1. The molecule has 0 saturated heterocycles. The van der Waals surface area contributed by atoms with Gasteiger partial charge in [-0.1, -0.05) is 43.5 Å². The largest absolute Gasteiger partial charge is 0.466 e. The lowest BCUT2D eigenvalue weighted by Crippen LogP contribution is -2.26. The predicted octanol–water partition coefficient (Wildman–Crippen LogP) is 4.81. The Hall–Kier alpha value is -2.60. The number of halogens is 1. The SMILES string of the molecule is CCCCCn1c(C)c(CCC(=O)OCC)c(=O)n2cc(-c3cccc(Cl)c3)nc12. The Morgan fingerprint density at radius 3 is 2.73 bits per heavy atom. The van der Waals surface area contributed by atoms with E-state index >= 15 is 0 Å². The van der Waals surface area contributed by atoms with E-state index < -0.39 is 0 Å². The molecule has 0 fully saturated rings. The highest BCUT2D eigenvalue weighted by Crippen LogP contribution is 2.23. The van der Waals surface area contributed by atoms with Crippen LogP contribution in [0.3, 0.4) is 0 Å². The maximum absolute atomic E-state index is 13.2. The molecule has 0 saturated carbocycles. The van der Waals surface area contributed by atoms with Crippen LogP contribution in [0.1, 0.15) is 50.8 Å². The van der Waals surface area contributed by atoms with Gasteiger partial charge in [-0.2, -0.15) is 0 Å². The Balaban J connectivity index is 2.10. The van der Waals surface area contributed by atoms with Gasteiger partial charge in [0.05, 0.1) is 12.3 Å². The van der Waals surface area contributed by atoms with Crippen LogP contribution in [0.2, 0.25) is 5.02 Å². The second-order valence-electron chi connectivity index (χ2n) is 7.34. The molecule has 2 aromatic heterocycles. The normalized spacial score (nSPS) is 11.2. The standard InChI is InChI=1S/C23H28ClN3O3/c1-4-6-7-13-26-16(3)19(11-12-21(28)30-5-2)22(29)27-15-20(25-23(26)27)17-9-8-10-18(24)14-17/h8-10,14-15H,4-7,11-13H2,1-3H3. The lowest BCUT2D eigenvalue weighted by atomic mass is 10.1. The third-order valence-electron chi connectivity index (χ3n) is 5.24. The number of carbonyl (C=O) groups excluding carboxylic acids is 1. The number of esters is 1. The maximum atomic E-state index is 13.2. The zero-order chi connectivity index (χ0) is 21.7. The van der Waals surface area contributed by atoms with Gasteiger partial charge in [-0.05, 0) is 38.8 Å². The van der Waals surface area contributed by atoms with Gasteiger partial charge in [0, 0.05) is 41.0 Å². The molecule has 160 valence electrons. The number of carbonyl (C=O) groups is 1. The van der Waals surface area contributed by atoms with Gasteiger partial charge in [-0.15, -0.1) is 0 Å². The minimum Gasteiger partial charge on any atom is -0.466 e. The molecule has 0 aliphatic carbocycles. The first kappa shape index (κ1) is 22.1. The number of rotatable bonds is 9. The maximum Gasteiger partial charge on any atom is 0.306 e. The van der Waals surface area contributed by atoms with Gasteiger partial charge in [0.1, 0.15) is 0 Å². The fourth-order valence-corrected chi connectivity index (χ4v) is 3.84. The smallest absolute Gasteiger partial charge is 0.306 e. The number of hydrogen-bond acceptors (Lipinski definition) is 4. The van der Waals surface area contributed by atoms with E-state index in [4.69, 9.17) is 21.3 Å². The van der Waals surface area contributed by atoms with E-state index in [1.54, 1.807) is 17.5 Å². The molecule has 0 unspecified atom stereocenters. The average molecular weight is 430 g/mol. The van der Waals surface area contributed by atoms with Crippen LogP contribution >= 0.6 is 11.6 Å². The minimum atomic E-state index is -0.292. The summed E-state index contributed by atoms with van der Waals surface area (Å²) in [6, 6.07) is 7.44. The van der Waals surface area contributed by atoms with Crippen molar-refractivity contribution in [2.24, 2.45) is 0 Å². The van der Waals surface area contributed by atoms with E-state index in [2.05, 4.69) is 11.5 Å². The molecule has 0 atom stereocenters. The molecule has 1 aromatic carbocycles. The summed E-state index contributed by atoms with van der Waals surface area (Å²) in [5.41, 5.74) is 2.90. The first-order valence-corrected chi connectivity index (χ1v) is 10.9. The molecular weight excluding hydrogens is 402 g/mol. The first-order chi connectivity index (χ1) is 14.5. The van der Waals surface area contributed by atoms with Crippen molar-refractivity contribution in [3.8, 4) is 11.3 Å². The number of aromatic nitrogens is 3. The highest BCUT2D eigenvalue weighted by molar-refractivity contribution is 6.30. The Kier molecular flexibility index (Phi) is 7.32. The van der Waals surface area contributed by atoms with E-state index in [1.807, 2.05) is 31.2 Å². The lowest BCUT2D eigenvalue weighted by molar-refractivity contribution is -0.143. The Morgan fingerprint density at radius 2 is 2.03 bits per heavy atom. The topological polar surface area (TPSA) is 65.6 Å². The molecule has 0 N–H and O–H groups in total. The summed E-state index contributed by atoms with van der Waals surface area (Å²) in [6.45, 7) is 6.97. The van der Waals surface area contributed by atoms with Gasteiger partial charge in [0.15, 0.2) is 0 Å². The minimum absolute atomic E-state index is 0.140. The van der Waals surface area contributed by atoms with Crippen molar-refractivity contribution in [3.05, 3.63) is 57.1 Å². The molecule has 0 radical (unpaired) electrons. The first-order valence-electron chi connectivity index (χ1n) is 10.5. The van der Waals surface area contributed by atoms with Crippen LogP contribution in [0.5, 0.6) is 0 Å². The van der Waals surface area contributed by atoms with Crippen molar-refractivity contribution in [2.75, 3.05) is 6.61 Å². The summed E-state index contributed by atoms with van der Waals surface area (Å²) in [5.74, 6) is 0.322. The summed E-state index contributed by atoms with van der Waals surface area (Å²) >= 11 is 6.14. The van der Waals surface area contributed by atoms with Crippen molar-refractivity contribution < 1.29 is 9.53 Å². The van der Waals surface area contributed by atoms with E-state index in [0.717, 1.165) is 37.1 Å². The van der Waals surface area contributed by atoms with Crippen LogP contribution in [-0.2, 0) is 22.5 Å². The Morgan fingerprint density at radius 1 is 1.23 bits per heavy atom. The van der Waals surface area contributed by atoms with Gasteiger partial charge >= 0.3 is 5.97 Å². The molecule has 3 aromatic rings. The summed E-state index contributed by atoms with van der Waals surface area (Å²) in [4.78, 5) is 29.9. The van der Waals surface area contributed by atoms with Crippen LogP contribution < -0.4 is 5.56 Å². The van der Waals surface area contributed by atoms with E-state index in [9.17, 15) is 9.59 Å². The molecule has 0 bridgehead atoms.